The fourth-order valence-electron chi connectivity index (χ4n) is 1.71. The molecule has 2 rings (SSSR count). The van der Waals surface area contributed by atoms with Crippen LogP contribution in [-0.4, -0.2) is 24.4 Å². The van der Waals surface area contributed by atoms with Gasteiger partial charge in [0.2, 0.25) is 0 Å². The largest absolute Gasteiger partial charge is 0.466 e. The van der Waals surface area contributed by atoms with E-state index in [4.69, 9.17) is 16.3 Å². The Kier molecular flexibility index (Phi) is 3.38. The fourth-order valence-corrected chi connectivity index (χ4v) is 2.21. The highest BCUT2D eigenvalue weighted by molar-refractivity contribution is 9.10. The SMILES string of the molecule is CNC(=O)C1=NC(C)(C)Oc2cc(Cl)c(Br)cc21. The molecule has 0 aromatic heterocycles. The Balaban J connectivity index is 2.63. The van der Waals surface area contributed by atoms with Crippen LogP contribution in [0.3, 0.4) is 0 Å². The summed E-state index contributed by atoms with van der Waals surface area (Å²) in [5, 5.41) is 3.10. The molecule has 18 heavy (non-hydrogen) atoms. The van der Waals surface area contributed by atoms with Gasteiger partial charge in [0, 0.05) is 23.2 Å². The van der Waals surface area contributed by atoms with Crippen LogP contribution < -0.4 is 10.1 Å². The van der Waals surface area contributed by atoms with Crippen LogP contribution in [-0.2, 0) is 4.79 Å². The molecule has 1 amide bonds. The van der Waals surface area contributed by atoms with Gasteiger partial charge in [-0.15, -0.1) is 0 Å². The zero-order chi connectivity index (χ0) is 13.5. The summed E-state index contributed by atoms with van der Waals surface area (Å²) in [7, 11) is 1.57. The molecule has 1 aliphatic heterocycles. The molecule has 0 unspecified atom stereocenters. The zero-order valence-electron chi connectivity index (χ0n) is 10.2. The third kappa shape index (κ3) is 2.37. The molecule has 0 atom stereocenters. The highest BCUT2D eigenvalue weighted by atomic mass is 79.9. The Hall–Kier alpha value is -1.07. The Labute approximate surface area is 119 Å². The standard InChI is InChI=1S/C12H12BrClN2O2/c1-12(2)16-10(11(17)15-3)6-4-7(13)8(14)5-9(6)18-12/h4-5H,1-3H3,(H,15,17). The summed E-state index contributed by atoms with van der Waals surface area (Å²) in [5.41, 5.74) is 0.192. The van der Waals surface area contributed by atoms with E-state index >= 15 is 0 Å². The van der Waals surface area contributed by atoms with Gasteiger partial charge in [-0.2, -0.15) is 0 Å². The molecule has 0 bridgehead atoms. The summed E-state index contributed by atoms with van der Waals surface area (Å²) in [6.07, 6.45) is 0. The minimum absolute atomic E-state index is 0.248. The normalized spacial score (nSPS) is 16.4. The number of halogens is 2. The molecule has 0 saturated carbocycles. The van der Waals surface area contributed by atoms with Crippen molar-refractivity contribution in [1.82, 2.24) is 5.32 Å². The number of ether oxygens (including phenoxy) is 1. The lowest BCUT2D eigenvalue weighted by molar-refractivity contribution is -0.114. The van der Waals surface area contributed by atoms with Crippen LogP contribution in [0, 0.1) is 0 Å². The maximum atomic E-state index is 11.9. The molecular formula is C12H12BrClN2O2. The lowest BCUT2D eigenvalue weighted by Gasteiger charge is -2.29. The van der Waals surface area contributed by atoms with Crippen LogP contribution in [0.4, 0.5) is 0 Å². The minimum atomic E-state index is -0.786. The van der Waals surface area contributed by atoms with Crippen LogP contribution in [0.25, 0.3) is 0 Å². The van der Waals surface area contributed by atoms with Gasteiger partial charge in [0.25, 0.3) is 5.91 Å². The molecule has 0 radical (unpaired) electrons. The summed E-state index contributed by atoms with van der Waals surface area (Å²) in [6, 6.07) is 3.42. The second-order valence-corrected chi connectivity index (χ2v) is 5.61. The summed E-state index contributed by atoms with van der Waals surface area (Å²) < 4.78 is 6.40. The number of carbonyl (C=O) groups is 1. The predicted molar refractivity (Wildman–Crippen MR) is 74.5 cm³/mol. The summed E-state index contributed by atoms with van der Waals surface area (Å²) in [5.74, 6) is 0.309. The lowest BCUT2D eigenvalue weighted by Crippen LogP contribution is -2.38. The molecule has 96 valence electrons. The van der Waals surface area contributed by atoms with E-state index in [1.54, 1.807) is 33.0 Å². The van der Waals surface area contributed by atoms with Gasteiger partial charge in [-0.1, -0.05) is 11.6 Å². The Morgan fingerprint density at radius 1 is 1.50 bits per heavy atom. The number of hydrogen-bond donors (Lipinski definition) is 1. The highest BCUT2D eigenvalue weighted by Crippen LogP contribution is 2.36. The van der Waals surface area contributed by atoms with E-state index in [1.807, 2.05) is 0 Å². The van der Waals surface area contributed by atoms with Gasteiger partial charge in [-0.3, -0.25) is 4.79 Å². The number of benzene rings is 1. The molecule has 1 N–H and O–H groups in total. The van der Waals surface area contributed by atoms with Crippen molar-refractivity contribution in [2.45, 2.75) is 19.6 Å². The maximum Gasteiger partial charge on any atom is 0.270 e. The number of nitrogens with zero attached hydrogens (tertiary/aromatic N) is 1. The third-order valence-electron chi connectivity index (χ3n) is 2.46. The van der Waals surface area contributed by atoms with Crippen LogP contribution in [0.1, 0.15) is 19.4 Å². The van der Waals surface area contributed by atoms with E-state index in [9.17, 15) is 4.79 Å². The van der Waals surface area contributed by atoms with Crippen molar-refractivity contribution in [3.8, 4) is 5.75 Å². The van der Waals surface area contributed by atoms with Crippen molar-refractivity contribution in [1.29, 1.82) is 0 Å². The molecule has 1 aromatic rings. The number of nitrogens with one attached hydrogen (secondary N) is 1. The summed E-state index contributed by atoms with van der Waals surface area (Å²) in [6.45, 7) is 3.57. The number of carbonyl (C=O) groups excluding carboxylic acids is 1. The van der Waals surface area contributed by atoms with E-state index < -0.39 is 5.72 Å². The first kappa shape index (κ1) is 13.4. The van der Waals surface area contributed by atoms with Crippen molar-refractivity contribution >= 4 is 39.1 Å². The van der Waals surface area contributed by atoms with E-state index in [1.165, 1.54) is 0 Å². The third-order valence-corrected chi connectivity index (χ3v) is 3.66. The molecular weight excluding hydrogens is 320 g/mol. The van der Waals surface area contributed by atoms with Gasteiger partial charge in [0.05, 0.1) is 5.02 Å². The van der Waals surface area contributed by atoms with E-state index in [2.05, 4.69) is 26.2 Å². The van der Waals surface area contributed by atoms with Gasteiger partial charge in [-0.05, 0) is 35.8 Å². The van der Waals surface area contributed by atoms with Crippen molar-refractivity contribution < 1.29 is 9.53 Å². The molecule has 0 saturated heterocycles. The number of fused-ring (bicyclic) bond motifs is 1. The first-order valence-corrected chi connectivity index (χ1v) is 6.51. The molecule has 0 fully saturated rings. The second kappa shape index (κ2) is 4.55. The first-order valence-electron chi connectivity index (χ1n) is 5.34. The zero-order valence-corrected chi connectivity index (χ0v) is 12.5. The summed E-state index contributed by atoms with van der Waals surface area (Å²) >= 11 is 9.36. The molecule has 0 spiro atoms. The highest BCUT2D eigenvalue weighted by Gasteiger charge is 2.31. The van der Waals surface area contributed by atoms with Gasteiger partial charge >= 0.3 is 0 Å². The molecule has 0 aliphatic carbocycles. The topological polar surface area (TPSA) is 50.7 Å². The monoisotopic (exact) mass is 330 g/mol. The number of rotatable bonds is 1. The Bertz CT molecular complexity index is 555. The lowest BCUT2D eigenvalue weighted by atomic mass is 10.1. The number of aliphatic imine (C=N–C) groups is 1. The average molecular weight is 332 g/mol. The molecule has 1 heterocycles. The molecule has 4 nitrogen and oxygen atoms in total. The molecule has 1 aromatic carbocycles. The quantitative estimate of drug-likeness (QED) is 0.860. The summed E-state index contributed by atoms with van der Waals surface area (Å²) in [4.78, 5) is 16.2. The van der Waals surface area contributed by atoms with Crippen LogP contribution in [0.5, 0.6) is 5.75 Å². The second-order valence-electron chi connectivity index (χ2n) is 4.35. The Morgan fingerprint density at radius 3 is 2.78 bits per heavy atom. The first-order chi connectivity index (χ1) is 8.34. The van der Waals surface area contributed by atoms with E-state index in [0.29, 0.717) is 26.5 Å². The average Bonchev–Trinajstić information content (AvgIpc) is 2.28. The predicted octanol–water partition coefficient (Wildman–Crippen LogP) is 2.77. The van der Waals surface area contributed by atoms with Crippen molar-refractivity contribution in [2.24, 2.45) is 4.99 Å². The van der Waals surface area contributed by atoms with Gasteiger partial charge in [-0.25, -0.2) is 4.99 Å². The van der Waals surface area contributed by atoms with Crippen LogP contribution in [0.2, 0.25) is 5.02 Å². The molecule has 6 heteroatoms. The van der Waals surface area contributed by atoms with Gasteiger partial charge < -0.3 is 10.1 Å². The number of hydrogen-bond acceptors (Lipinski definition) is 3. The minimum Gasteiger partial charge on any atom is -0.466 e. The van der Waals surface area contributed by atoms with Crippen LogP contribution >= 0.6 is 27.5 Å². The van der Waals surface area contributed by atoms with E-state index in [-0.39, 0.29) is 5.91 Å². The maximum absolute atomic E-state index is 11.9. The van der Waals surface area contributed by atoms with Gasteiger partial charge in [0.1, 0.15) is 11.5 Å². The van der Waals surface area contributed by atoms with Crippen LogP contribution in [0.15, 0.2) is 21.6 Å². The van der Waals surface area contributed by atoms with Crippen molar-refractivity contribution in [3.05, 3.63) is 27.2 Å². The Morgan fingerprint density at radius 2 is 2.17 bits per heavy atom. The number of likely N-dealkylation sites (N-methyl/N-ethyl adjacent to an activating group) is 1. The fraction of sp³-hybridized carbons (Fsp3) is 0.333. The number of amides is 1. The molecule has 1 aliphatic rings. The van der Waals surface area contributed by atoms with Crippen molar-refractivity contribution in [3.63, 3.8) is 0 Å². The van der Waals surface area contributed by atoms with Crippen molar-refractivity contribution in [2.75, 3.05) is 7.05 Å². The van der Waals surface area contributed by atoms with Gasteiger partial charge in [0.15, 0.2) is 5.72 Å². The smallest absolute Gasteiger partial charge is 0.270 e. The van der Waals surface area contributed by atoms with E-state index in [0.717, 1.165) is 0 Å².